The standard InChI is InChI=1S/C18H27N5O4S/c1-3-4-9-19-18(24)13-27-23-17-11-15(7-8-16(17)20-21-23)28(25,26)22-10-5-6-14(2)12-22/h7-8,11,14H,3-6,9-10,12-13H2,1-2H3,(H,19,24)/t14-/m1/s1. The first-order valence-electron chi connectivity index (χ1n) is 9.67. The molecule has 154 valence electrons. The fraction of sp³-hybridized carbons (Fsp3) is 0.611. The highest BCUT2D eigenvalue weighted by Gasteiger charge is 2.29. The van der Waals surface area contributed by atoms with Crippen molar-refractivity contribution in [3.05, 3.63) is 18.2 Å². The summed E-state index contributed by atoms with van der Waals surface area (Å²) in [6.07, 6.45) is 3.78. The molecular formula is C18H27N5O4S. The van der Waals surface area contributed by atoms with Crippen LogP contribution in [-0.4, -0.2) is 60.0 Å². The van der Waals surface area contributed by atoms with Crippen molar-refractivity contribution < 1.29 is 18.0 Å². The van der Waals surface area contributed by atoms with Gasteiger partial charge >= 0.3 is 0 Å². The van der Waals surface area contributed by atoms with Gasteiger partial charge in [-0.15, -0.1) is 5.10 Å². The number of carbonyl (C=O) groups excluding carboxylic acids is 1. The molecule has 1 aromatic heterocycles. The second kappa shape index (κ2) is 8.87. The van der Waals surface area contributed by atoms with Crippen LogP contribution >= 0.6 is 0 Å². The molecular weight excluding hydrogens is 382 g/mol. The number of hydrogen-bond acceptors (Lipinski definition) is 6. The van der Waals surface area contributed by atoms with Crippen molar-refractivity contribution in [2.45, 2.75) is 44.4 Å². The number of piperidine rings is 1. The first-order valence-corrected chi connectivity index (χ1v) is 11.1. The van der Waals surface area contributed by atoms with Gasteiger partial charge in [-0.2, -0.15) is 4.31 Å². The summed E-state index contributed by atoms with van der Waals surface area (Å²) in [6, 6.07) is 4.64. The first-order chi connectivity index (χ1) is 13.4. The van der Waals surface area contributed by atoms with Crippen molar-refractivity contribution in [3.63, 3.8) is 0 Å². The lowest BCUT2D eigenvalue weighted by molar-refractivity contribution is -0.126. The summed E-state index contributed by atoms with van der Waals surface area (Å²) in [5.74, 6) is 0.0807. The van der Waals surface area contributed by atoms with Crippen LogP contribution in [0.2, 0.25) is 0 Å². The van der Waals surface area contributed by atoms with Crippen LogP contribution in [0.4, 0.5) is 0 Å². The van der Waals surface area contributed by atoms with Gasteiger partial charge in [0, 0.05) is 19.6 Å². The van der Waals surface area contributed by atoms with E-state index >= 15 is 0 Å². The first kappa shape index (κ1) is 20.5. The molecule has 0 saturated carbocycles. The Hall–Kier alpha value is -2.20. The average Bonchev–Trinajstić information content (AvgIpc) is 3.09. The number of nitrogens with one attached hydrogen (secondary N) is 1. The van der Waals surface area contributed by atoms with Gasteiger partial charge in [-0.1, -0.05) is 25.1 Å². The Morgan fingerprint density at radius 3 is 2.96 bits per heavy atom. The van der Waals surface area contributed by atoms with E-state index in [-0.39, 0.29) is 17.4 Å². The molecule has 1 saturated heterocycles. The van der Waals surface area contributed by atoms with E-state index in [4.69, 9.17) is 4.84 Å². The molecule has 0 bridgehead atoms. The van der Waals surface area contributed by atoms with Gasteiger partial charge in [0.15, 0.2) is 6.61 Å². The predicted molar refractivity (Wildman–Crippen MR) is 104 cm³/mol. The fourth-order valence-electron chi connectivity index (χ4n) is 3.22. The number of unbranched alkanes of at least 4 members (excludes halogenated alkanes) is 1. The number of carbonyl (C=O) groups is 1. The molecule has 3 rings (SSSR count). The minimum Gasteiger partial charge on any atom is -0.385 e. The number of amides is 1. The van der Waals surface area contributed by atoms with Crippen molar-refractivity contribution >= 4 is 27.0 Å². The van der Waals surface area contributed by atoms with Gasteiger partial charge in [-0.05, 0) is 48.6 Å². The van der Waals surface area contributed by atoms with Crippen molar-refractivity contribution in [1.82, 2.24) is 24.8 Å². The molecule has 1 fully saturated rings. The fourth-order valence-corrected chi connectivity index (χ4v) is 4.84. The molecule has 2 aromatic rings. The second-order valence-corrected chi connectivity index (χ2v) is 9.14. The lowest BCUT2D eigenvalue weighted by Crippen LogP contribution is -2.39. The van der Waals surface area contributed by atoms with Crippen molar-refractivity contribution in [2.75, 3.05) is 26.2 Å². The maximum Gasteiger partial charge on any atom is 0.260 e. The normalized spacial score (nSPS) is 18.3. The van der Waals surface area contributed by atoms with Gasteiger partial charge in [-0.3, -0.25) is 4.79 Å². The number of fused-ring (bicyclic) bond motifs is 1. The van der Waals surface area contributed by atoms with E-state index < -0.39 is 10.0 Å². The third-order valence-electron chi connectivity index (χ3n) is 4.81. The van der Waals surface area contributed by atoms with Crippen LogP contribution in [0.3, 0.4) is 0 Å². The highest BCUT2D eigenvalue weighted by atomic mass is 32.2. The Bertz CT molecular complexity index is 927. The van der Waals surface area contributed by atoms with Crippen LogP contribution < -0.4 is 10.2 Å². The van der Waals surface area contributed by atoms with Crippen molar-refractivity contribution in [2.24, 2.45) is 5.92 Å². The van der Waals surface area contributed by atoms with Crippen LogP contribution in [0.15, 0.2) is 23.1 Å². The highest BCUT2D eigenvalue weighted by molar-refractivity contribution is 7.89. The Balaban J connectivity index is 1.75. The quantitative estimate of drug-likeness (QED) is 0.657. The molecule has 0 unspecified atom stereocenters. The minimum absolute atomic E-state index is 0.175. The average molecular weight is 410 g/mol. The van der Waals surface area contributed by atoms with Crippen LogP contribution in [0.1, 0.15) is 39.5 Å². The van der Waals surface area contributed by atoms with E-state index in [9.17, 15) is 13.2 Å². The molecule has 1 aliphatic heterocycles. The summed E-state index contributed by atoms with van der Waals surface area (Å²) in [5, 5.41) is 10.6. The summed E-state index contributed by atoms with van der Waals surface area (Å²) in [4.78, 5) is 18.5. The summed E-state index contributed by atoms with van der Waals surface area (Å²) in [7, 11) is -3.60. The molecule has 1 aromatic carbocycles. The molecule has 2 heterocycles. The molecule has 1 amide bonds. The SMILES string of the molecule is CCCCNC(=O)COn1nnc2ccc(S(=O)(=O)N3CCC[C@@H](C)C3)cc21. The van der Waals surface area contributed by atoms with E-state index in [0.717, 1.165) is 30.5 Å². The zero-order valence-electron chi connectivity index (χ0n) is 16.3. The predicted octanol–water partition coefficient (Wildman–Crippen LogP) is 1.20. The summed E-state index contributed by atoms with van der Waals surface area (Å²) in [6.45, 7) is 5.52. The zero-order chi connectivity index (χ0) is 20.1. The van der Waals surface area contributed by atoms with Crippen LogP contribution in [0.5, 0.6) is 0 Å². The van der Waals surface area contributed by atoms with Gasteiger partial charge in [0.2, 0.25) is 10.0 Å². The van der Waals surface area contributed by atoms with Gasteiger partial charge in [0.1, 0.15) is 11.0 Å². The molecule has 1 atom stereocenters. The van der Waals surface area contributed by atoms with Gasteiger partial charge in [0.25, 0.3) is 5.91 Å². The molecule has 10 heteroatoms. The van der Waals surface area contributed by atoms with Gasteiger partial charge in [0.05, 0.1) is 4.90 Å². The molecule has 1 aliphatic rings. The number of sulfonamides is 1. The summed E-state index contributed by atoms with van der Waals surface area (Å²) < 4.78 is 27.5. The molecule has 0 radical (unpaired) electrons. The lowest BCUT2D eigenvalue weighted by Gasteiger charge is -2.30. The Labute approximate surface area is 165 Å². The highest BCUT2D eigenvalue weighted by Crippen LogP contribution is 2.25. The maximum atomic E-state index is 13.0. The number of nitrogens with zero attached hydrogens (tertiary/aromatic N) is 4. The molecule has 1 N–H and O–H groups in total. The van der Waals surface area contributed by atoms with Gasteiger partial charge in [-0.25, -0.2) is 8.42 Å². The number of hydrogen-bond donors (Lipinski definition) is 1. The van der Waals surface area contributed by atoms with E-state index in [2.05, 4.69) is 22.6 Å². The maximum absolute atomic E-state index is 13.0. The van der Waals surface area contributed by atoms with E-state index in [1.165, 1.54) is 16.4 Å². The third kappa shape index (κ3) is 4.61. The Morgan fingerprint density at radius 2 is 2.21 bits per heavy atom. The van der Waals surface area contributed by atoms with E-state index in [0.29, 0.717) is 36.6 Å². The van der Waals surface area contributed by atoms with Crippen LogP contribution in [0.25, 0.3) is 11.0 Å². The van der Waals surface area contributed by atoms with Crippen LogP contribution in [0, 0.1) is 5.92 Å². The molecule has 28 heavy (non-hydrogen) atoms. The van der Waals surface area contributed by atoms with Crippen molar-refractivity contribution in [1.29, 1.82) is 0 Å². The largest absolute Gasteiger partial charge is 0.385 e. The number of benzene rings is 1. The van der Waals surface area contributed by atoms with E-state index in [1.54, 1.807) is 6.07 Å². The summed E-state index contributed by atoms with van der Waals surface area (Å²) >= 11 is 0. The number of aromatic nitrogens is 3. The monoisotopic (exact) mass is 409 g/mol. The molecule has 0 aliphatic carbocycles. The van der Waals surface area contributed by atoms with Crippen molar-refractivity contribution in [3.8, 4) is 0 Å². The Morgan fingerprint density at radius 1 is 1.39 bits per heavy atom. The van der Waals surface area contributed by atoms with Gasteiger partial charge < -0.3 is 10.2 Å². The smallest absolute Gasteiger partial charge is 0.260 e. The topological polar surface area (TPSA) is 106 Å². The molecule has 9 nitrogen and oxygen atoms in total. The second-order valence-electron chi connectivity index (χ2n) is 7.20. The van der Waals surface area contributed by atoms with Crippen LogP contribution in [-0.2, 0) is 14.8 Å². The molecule has 0 spiro atoms. The summed E-state index contributed by atoms with van der Waals surface area (Å²) in [5.41, 5.74) is 0.907. The number of rotatable bonds is 8. The third-order valence-corrected chi connectivity index (χ3v) is 6.68. The minimum atomic E-state index is -3.60. The van der Waals surface area contributed by atoms with E-state index in [1.807, 2.05) is 6.92 Å². The zero-order valence-corrected chi connectivity index (χ0v) is 17.1. The lowest BCUT2D eigenvalue weighted by atomic mass is 10.0. The Kier molecular flexibility index (Phi) is 6.50.